The third-order valence-corrected chi connectivity index (χ3v) is 32.3. The fraction of sp³-hybridized carbons (Fsp3) is 0.522. The normalized spacial score (nSPS) is 26.1. The summed E-state index contributed by atoms with van der Waals surface area (Å²) < 4.78 is 55.5. The van der Waals surface area contributed by atoms with Crippen LogP contribution in [-0.4, -0.2) is 132 Å². The predicted octanol–water partition coefficient (Wildman–Crippen LogP) is 22.9. The SMILES string of the molecule is COC(=O)c1cc(C2CC3(CCOCC3)C2)c2nc(N3C[C@@H]4C[C@H]3C[C@H]4OCc3c(-c4c(Cl)cccc4Cl)noc3C3CC3)sc2c1.Clc1cccc(Cl)c1-c1noc(C2CC2)c1CO[C@@H]1C[C@@H]2C[C@H]1CN2.I.O=C(O)c1cc(C2CC3(CCOCC3)C2)c2nc(N3C[C@@H]4C[C@H]3C[C@H]4OCc3c(-c4c(Cl)cccc4Cl)noc3C3CC3)sc2c1. The summed E-state index contributed by atoms with van der Waals surface area (Å²) in [6.07, 6.45) is 22.5. The maximum absolute atomic E-state index is 12.7. The van der Waals surface area contributed by atoms with Crippen LogP contribution in [0.5, 0.6) is 0 Å². The highest BCUT2D eigenvalue weighted by Gasteiger charge is 2.52. The number of carbonyl (C=O) groups is 2. The zero-order valence-corrected chi connectivity index (χ0v) is 74.4. The minimum Gasteiger partial charge on any atom is -0.478 e. The first-order valence-electron chi connectivity index (χ1n) is 42.2. The van der Waals surface area contributed by atoms with E-state index in [1.807, 2.05) is 78.9 Å². The molecule has 13 aliphatic rings. The molecule has 6 bridgehead atoms. The number of aromatic carboxylic acids is 1. The van der Waals surface area contributed by atoms with Gasteiger partial charge in [0, 0.05) is 127 Å². The molecule has 8 saturated carbocycles. The molecule has 2 N–H and O–H groups in total. The predicted molar refractivity (Wildman–Crippen MR) is 472 cm³/mol. The zero-order chi connectivity index (χ0) is 80.0. The molecule has 0 radical (unpaired) electrons. The van der Waals surface area contributed by atoms with Gasteiger partial charge in [0.05, 0.1) is 107 Å². The number of carboxylic acids is 1. The van der Waals surface area contributed by atoms with Crippen LogP contribution in [0.1, 0.15) is 224 Å². The number of hydrogen-bond donors (Lipinski definition) is 2. The van der Waals surface area contributed by atoms with Gasteiger partial charge in [0.1, 0.15) is 34.4 Å². The Kier molecular flexibility index (Phi) is 22.9. The van der Waals surface area contributed by atoms with Crippen molar-refractivity contribution in [3.05, 3.63) is 165 Å². The molecule has 10 aromatic rings. The van der Waals surface area contributed by atoms with Crippen LogP contribution < -0.4 is 15.1 Å². The van der Waals surface area contributed by atoms with Gasteiger partial charge in [-0.2, -0.15) is 0 Å². The molecule has 29 heteroatoms. The summed E-state index contributed by atoms with van der Waals surface area (Å²) in [5, 5.41) is 32.1. The van der Waals surface area contributed by atoms with Gasteiger partial charge in [-0.1, -0.05) is 126 Å². The number of fused-ring (bicyclic) bond motifs is 8. The van der Waals surface area contributed by atoms with Gasteiger partial charge in [0.2, 0.25) is 0 Å². The van der Waals surface area contributed by atoms with E-state index in [2.05, 4.69) is 30.6 Å². The first-order chi connectivity index (χ1) is 57.5. The molecule has 5 aromatic carbocycles. The third-order valence-electron chi connectivity index (χ3n) is 28.4. The minimum absolute atomic E-state index is 0. The monoisotopic (exact) mass is 1880 g/mol. The maximum Gasteiger partial charge on any atom is 0.337 e. The van der Waals surface area contributed by atoms with E-state index in [9.17, 15) is 14.7 Å². The summed E-state index contributed by atoms with van der Waals surface area (Å²) in [4.78, 5) is 40.1. The quantitative estimate of drug-likeness (QED) is 0.0503. The standard InChI is InChI=1S/C36H37Cl2N3O5S.C35H35Cl2N3O5S.C19H20Cl2N2O2.HI/c1-43-34(42)20-12-24(22-15-36(16-22)7-9-44-10-8-36)31-29(13-20)47-35(39-31)41-17-21-11-23(41)14-28(21)45-18-25-32(40-46-33(25)19-5-6-19)30-26(37)3-2-4-27(30)38;36-25-2-1-3-26(37)29(25)31-24(32(45-39-31)18-4-5-18)17-44-27-13-22-10-20(27)16-40(22)34-38-30-23(11-19(33(41)42)12-28(30)46-34)21-14-35(15-21)6-8-43-9-7-35;20-14-2-1-3-15(21)17(14)18-13(19(25-23-18)10-4-5-10)9-24-16-7-12-6-11(16)8-22-12;/h2-4,12-13,19,21-23,28H,5-11,14-18H2,1H3;1-3,11-12,18,20-22,27H,4-10,13-17H2,(H,41,42);1-3,10-12,16,22H,4-9H2;1H/t21-,23-,28+;20-,22-,27+;11-,12-,16+;/m000./s1. The molecule has 20 nitrogen and oxygen atoms in total. The summed E-state index contributed by atoms with van der Waals surface area (Å²) in [5.74, 6) is 5.01. The number of nitrogens with zero attached hydrogens (tertiary/aromatic N) is 7. The average molecular weight is 1880 g/mol. The van der Waals surface area contributed by atoms with Crippen LogP contribution in [0, 0.1) is 28.6 Å². The van der Waals surface area contributed by atoms with Gasteiger partial charge < -0.3 is 62.2 Å². The number of methoxy groups -OCH3 is 1. The van der Waals surface area contributed by atoms with Crippen molar-refractivity contribution >= 4 is 159 Å². The number of thiazole rings is 2. The summed E-state index contributed by atoms with van der Waals surface area (Å²) in [7, 11) is 1.45. The van der Waals surface area contributed by atoms with Gasteiger partial charge in [0.25, 0.3) is 0 Å². The number of halogens is 7. The number of benzene rings is 5. The number of anilines is 2. The largest absolute Gasteiger partial charge is 0.478 e. The highest BCUT2D eigenvalue weighted by Crippen LogP contribution is 2.61. The fourth-order valence-corrected chi connectivity index (χ4v) is 25.5. The third kappa shape index (κ3) is 15.8. The number of carbonyl (C=O) groups excluding carboxylic acids is 1. The van der Waals surface area contributed by atoms with E-state index in [0.29, 0.717) is 166 Å². The highest BCUT2D eigenvalue weighted by atomic mass is 127. The van der Waals surface area contributed by atoms with Crippen molar-refractivity contribution in [2.75, 3.05) is 63.0 Å². The van der Waals surface area contributed by atoms with Crippen LogP contribution >= 0.6 is 116 Å². The molecule has 10 heterocycles. The molecule has 0 amide bonds. The molecule has 119 heavy (non-hydrogen) atoms. The van der Waals surface area contributed by atoms with Crippen LogP contribution in [0.3, 0.4) is 0 Å². The minimum atomic E-state index is -0.879. The second-order valence-corrected chi connectivity index (χ2v) is 40.2. The van der Waals surface area contributed by atoms with Crippen LogP contribution in [0.25, 0.3) is 54.2 Å². The molecule has 13 fully saturated rings. The van der Waals surface area contributed by atoms with E-state index in [-0.39, 0.29) is 42.2 Å². The Morgan fingerprint density at radius 3 is 1.22 bits per heavy atom. The molecule has 8 aliphatic carbocycles. The molecule has 2 spiro atoms. The lowest BCUT2D eigenvalue weighted by Crippen LogP contribution is -2.40. The number of carboxylic acid groups (broad SMARTS) is 1. The molecular weight excluding hydrogens is 1790 g/mol. The van der Waals surface area contributed by atoms with Gasteiger partial charge in [-0.15, -0.1) is 24.0 Å². The Morgan fingerprint density at radius 2 is 0.882 bits per heavy atom. The van der Waals surface area contributed by atoms with E-state index < -0.39 is 5.97 Å². The number of esters is 1. The van der Waals surface area contributed by atoms with Gasteiger partial charge in [-0.3, -0.25) is 0 Å². The van der Waals surface area contributed by atoms with Crippen LogP contribution in [0.4, 0.5) is 10.3 Å². The number of nitrogens with one attached hydrogen (secondary N) is 1. The number of ether oxygens (including phenoxy) is 6. The highest BCUT2D eigenvalue weighted by molar-refractivity contribution is 14.0. The number of hydrogen-bond acceptors (Lipinski definition) is 21. The van der Waals surface area contributed by atoms with Gasteiger partial charge in [-0.05, 0) is 229 Å². The van der Waals surface area contributed by atoms with E-state index in [1.165, 1.54) is 19.1 Å². The second-order valence-electron chi connectivity index (χ2n) is 35.7. The number of aromatic nitrogens is 5. The van der Waals surface area contributed by atoms with Crippen molar-refractivity contribution in [3.63, 3.8) is 0 Å². The van der Waals surface area contributed by atoms with Crippen molar-refractivity contribution in [1.29, 1.82) is 0 Å². The van der Waals surface area contributed by atoms with E-state index in [0.717, 1.165) is 250 Å². The first-order valence-corrected chi connectivity index (χ1v) is 46.1. The lowest BCUT2D eigenvalue weighted by molar-refractivity contribution is -0.0396. The van der Waals surface area contributed by atoms with Gasteiger partial charge >= 0.3 is 11.9 Å². The van der Waals surface area contributed by atoms with Crippen LogP contribution in [-0.2, 0) is 48.2 Å². The first kappa shape index (κ1) is 81.6. The zero-order valence-electron chi connectivity index (χ0n) is 65.9. The molecule has 5 saturated heterocycles. The summed E-state index contributed by atoms with van der Waals surface area (Å²) in [5.41, 5.74) is 13.3. The average Bonchev–Trinajstić information content (AvgIpc) is 1.70. The van der Waals surface area contributed by atoms with Crippen LogP contribution in [0.2, 0.25) is 30.1 Å². The van der Waals surface area contributed by atoms with Crippen molar-refractivity contribution < 1.29 is 56.7 Å². The van der Waals surface area contributed by atoms with Crippen molar-refractivity contribution in [2.24, 2.45) is 28.6 Å². The Balaban J connectivity index is 0.000000119. The Labute approximate surface area is 744 Å². The van der Waals surface area contributed by atoms with Crippen LogP contribution in [0.15, 0.2) is 92.4 Å². The lowest BCUT2D eigenvalue weighted by Gasteiger charge is -2.50. The Hall–Kier alpha value is -5.72. The molecule has 5 aromatic heterocycles. The molecule has 9 atom stereocenters. The smallest absolute Gasteiger partial charge is 0.337 e. The summed E-state index contributed by atoms with van der Waals surface area (Å²) >= 11 is 42.4. The Bertz CT molecular complexity index is 5460. The van der Waals surface area contributed by atoms with E-state index in [4.69, 9.17) is 122 Å². The fourth-order valence-electron chi connectivity index (χ4n) is 21.5. The maximum atomic E-state index is 12.7. The van der Waals surface area contributed by atoms with Crippen molar-refractivity contribution in [1.82, 2.24) is 30.8 Å². The van der Waals surface area contributed by atoms with Crippen molar-refractivity contribution in [3.8, 4) is 33.8 Å². The summed E-state index contributed by atoms with van der Waals surface area (Å²) in [6.45, 7) is 7.57. The molecular formula is C90H93Cl6IN8O12S2. The van der Waals surface area contributed by atoms with Gasteiger partial charge in [0.15, 0.2) is 10.3 Å². The van der Waals surface area contributed by atoms with Crippen molar-refractivity contribution in [2.45, 2.75) is 214 Å². The van der Waals surface area contributed by atoms with E-state index in [1.54, 1.807) is 22.7 Å². The Morgan fingerprint density at radius 1 is 0.504 bits per heavy atom. The summed E-state index contributed by atoms with van der Waals surface area (Å²) in [6, 6.07) is 25.5. The second kappa shape index (κ2) is 33.3. The molecule has 0 unspecified atom stereocenters. The van der Waals surface area contributed by atoms with Gasteiger partial charge in [-0.25, -0.2) is 19.6 Å². The van der Waals surface area contributed by atoms with E-state index >= 15 is 0 Å². The number of rotatable bonds is 21. The number of piperidine rings is 3. The lowest BCUT2D eigenvalue weighted by atomic mass is 9.56. The molecule has 626 valence electrons. The topological polar surface area (TPSA) is 232 Å². The molecule has 23 rings (SSSR count). The molecule has 5 aliphatic heterocycles.